The Labute approximate surface area is 182 Å². The van der Waals surface area contributed by atoms with E-state index in [1.807, 2.05) is 14.1 Å². The van der Waals surface area contributed by atoms with E-state index >= 15 is 0 Å². The van der Waals surface area contributed by atoms with Crippen molar-refractivity contribution >= 4 is 11.8 Å². The van der Waals surface area contributed by atoms with Crippen LogP contribution in [0.3, 0.4) is 0 Å². The lowest BCUT2D eigenvalue weighted by molar-refractivity contribution is -0.869. The molecule has 0 fully saturated rings. The molecule has 0 rings (SSSR count). The molecular formula is C16H36I2N4O2. The lowest BCUT2D eigenvalue weighted by atomic mass is 10.2. The van der Waals surface area contributed by atoms with Crippen LogP contribution in [0.1, 0.15) is 12.8 Å². The molecule has 0 saturated carbocycles. The molecule has 0 aromatic heterocycles. The van der Waals surface area contributed by atoms with Crippen molar-refractivity contribution in [1.82, 2.24) is 9.80 Å². The second-order valence-corrected chi connectivity index (χ2v) is 8.16. The molecule has 0 heterocycles. The van der Waals surface area contributed by atoms with E-state index in [2.05, 4.69) is 42.3 Å². The van der Waals surface area contributed by atoms with Gasteiger partial charge in [0.25, 0.3) is 0 Å². The normalized spacial score (nSPS) is 11.2. The summed E-state index contributed by atoms with van der Waals surface area (Å²) in [5, 5.41) is 0. The van der Waals surface area contributed by atoms with E-state index in [9.17, 15) is 9.59 Å². The van der Waals surface area contributed by atoms with Gasteiger partial charge in [0, 0.05) is 26.9 Å². The van der Waals surface area contributed by atoms with Crippen LogP contribution < -0.4 is 48.0 Å². The van der Waals surface area contributed by atoms with Crippen LogP contribution in [0.2, 0.25) is 0 Å². The van der Waals surface area contributed by atoms with Gasteiger partial charge < -0.3 is 66.7 Å². The van der Waals surface area contributed by atoms with Crippen LogP contribution in [0, 0.1) is 0 Å². The number of carbonyl (C=O) groups excluding carboxylic acids is 2. The molecular weight excluding hydrogens is 534 g/mol. The van der Waals surface area contributed by atoms with Gasteiger partial charge >= 0.3 is 0 Å². The van der Waals surface area contributed by atoms with Gasteiger partial charge in [-0.2, -0.15) is 0 Å². The number of halogens is 2. The van der Waals surface area contributed by atoms with Gasteiger partial charge in [0.05, 0.1) is 68.5 Å². The topological polar surface area (TPSA) is 40.6 Å². The van der Waals surface area contributed by atoms with Crippen LogP contribution in [0.15, 0.2) is 0 Å². The fraction of sp³-hybridized carbons (Fsp3) is 0.875. The third kappa shape index (κ3) is 15.8. The van der Waals surface area contributed by atoms with Crippen LogP contribution >= 0.6 is 0 Å². The van der Waals surface area contributed by atoms with Crippen molar-refractivity contribution < 1.29 is 66.5 Å². The van der Waals surface area contributed by atoms with E-state index in [1.54, 1.807) is 9.80 Å². The fourth-order valence-electron chi connectivity index (χ4n) is 1.74. The fourth-order valence-corrected chi connectivity index (χ4v) is 1.74. The zero-order valence-electron chi connectivity index (χ0n) is 16.6. The van der Waals surface area contributed by atoms with E-state index in [0.29, 0.717) is 25.9 Å². The molecule has 146 valence electrons. The second-order valence-electron chi connectivity index (χ2n) is 8.16. The first-order valence-corrected chi connectivity index (χ1v) is 7.91. The molecule has 0 unspecified atom stereocenters. The van der Waals surface area contributed by atoms with Gasteiger partial charge in [-0.25, -0.2) is 0 Å². The lowest BCUT2D eigenvalue weighted by Crippen LogP contribution is -3.00. The van der Waals surface area contributed by atoms with Gasteiger partial charge in [-0.15, -0.1) is 0 Å². The van der Waals surface area contributed by atoms with E-state index < -0.39 is 0 Å². The first-order chi connectivity index (χ1) is 9.82. The van der Waals surface area contributed by atoms with Crippen molar-refractivity contribution in [3.8, 4) is 0 Å². The van der Waals surface area contributed by atoms with E-state index in [1.165, 1.54) is 0 Å². The van der Waals surface area contributed by atoms with Gasteiger partial charge in [-0.05, 0) is 0 Å². The number of rotatable bonds is 9. The molecule has 2 amide bonds. The molecule has 0 aliphatic heterocycles. The third-order valence-electron chi connectivity index (χ3n) is 3.62. The number of quaternary nitrogens is 2. The smallest absolute Gasteiger partial charge is 0.223 e. The Hall–Kier alpha value is 0.320. The highest BCUT2D eigenvalue weighted by molar-refractivity contribution is 5.83. The SMILES string of the molecule is CN(CC[N+](C)(C)C)C(=O)CCC(=O)N(C)CC[N+](C)(C)C.[I-].[I-]. The average molecular weight is 570 g/mol. The highest BCUT2D eigenvalue weighted by Gasteiger charge is 2.17. The molecule has 0 aromatic rings. The number of likely N-dealkylation sites (N-methyl/N-ethyl adjacent to an activating group) is 4. The van der Waals surface area contributed by atoms with Crippen LogP contribution in [0.25, 0.3) is 0 Å². The maximum absolute atomic E-state index is 12.0. The predicted molar refractivity (Wildman–Crippen MR) is 90.3 cm³/mol. The summed E-state index contributed by atoms with van der Waals surface area (Å²) < 4.78 is 1.65. The van der Waals surface area contributed by atoms with Crippen LogP contribution in [-0.4, -0.2) is 113 Å². The molecule has 0 atom stereocenters. The van der Waals surface area contributed by atoms with Crippen LogP contribution in [0.4, 0.5) is 0 Å². The van der Waals surface area contributed by atoms with Gasteiger partial charge in [0.2, 0.25) is 11.8 Å². The highest BCUT2D eigenvalue weighted by Crippen LogP contribution is 2.02. The van der Waals surface area contributed by atoms with Gasteiger partial charge in [-0.3, -0.25) is 9.59 Å². The maximum Gasteiger partial charge on any atom is 0.223 e. The molecule has 0 radical (unpaired) electrons. The molecule has 0 aromatic carbocycles. The molecule has 0 aliphatic carbocycles. The summed E-state index contributed by atoms with van der Waals surface area (Å²) in [5.41, 5.74) is 0. The zero-order chi connectivity index (χ0) is 17.6. The Morgan fingerprint density at radius 2 is 0.917 bits per heavy atom. The van der Waals surface area contributed by atoms with E-state index in [0.717, 1.165) is 22.1 Å². The van der Waals surface area contributed by atoms with Crippen molar-refractivity contribution in [1.29, 1.82) is 0 Å². The number of hydrogen-bond acceptors (Lipinski definition) is 2. The molecule has 0 spiro atoms. The van der Waals surface area contributed by atoms with Crippen LogP contribution in [0.5, 0.6) is 0 Å². The van der Waals surface area contributed by atoms with Gasteiger partial charge in [0.15, 0.2) is 0 Å². The average Bonchev–Trinajstić information content (AvgIpc) is 2.37. The summed E-state index contributed by atoms with van der Waals surface area (Å²) in [5.74, 6) is 0.0867. The van der Waals surface area contributed by atoms with Crippen molar-refractivity contribution in [3.05, 3.63) is 0 Å². The maximum atomic E-state index is 12.0. The number of carbonyl (C=O) groups is 2. The molecule has 0 N–H and O–H groups in total. The number of amides is 2. The monoisotopic (exact) mass is 570 g/mol. The molecule has 0 saturated heterocycles. The Bertz CT molecular complexity index is 343. The number of nitrogens with zero attached hydrogens (tertiary/aromatic N) is 4. The van der Waals surface area contributed by atoms with Crippen molar-refractivity contribution in [2.45, 2.75) is 12.8 Å². The molecule has 8 heteroatoms. The third-order valence-corrected chi connectivity index (χ3v) is 3.62. The summed E-state index contributed by atoms with van der Waals surface area (Å²) in [6.45, 7) is 3.24. The molecule has 0 aliphatic rings. The molecule has 0 bridgehead atoms. The second kappa shape index (κ2) is 12.6. The van der Waals surface area contributed by atoms with Crippen molar-refractivity contribution in [2.75, 3.05) is 82.6 Å². The predicted octanol–water partition coefficient (Wildman–Crippen LogP) is -5.90. The quantitative estimate of drug-likeness (QED) is 0.205. The van der Waals surface area contributed by atoms with E-state index in [-0.39, 0.29) is 59.8 Å². The van der Waals surface area contributed by atoms with Crippen LogP contribution in [-0.2, 0) is 9.59 Å². The molecule has 6 nitrogen and oxygen atoms in total. The largest absolute Gasteiger partial charge is 1.00 e. The Kier molecular flexibility index (Phi) is 15.3. The van der Waals surface area contributed by atoms with Gasteiger partial charge in [0.1, 0.15) is 0 Å². The minimum atomic E-state index is 0. The summed E-state index contributed by atoms with van der Waals surface area (Å²) >= 11 is 0. The number of hydrogen-bond donors (Lipinski definition) is 0. The summed E-state index contributed by atoms with van der Waals surface area (Å²) in [6.07, 6.45) is 0.586. The summed E-state index contributed by atoms with van der Waals surface area (Å²) in [4.78, 5) is 27.5. The first-order valence-electron chi connectivity index (χ1n) is 7.91. The minimum Gasteiger partial charge on any atom is -1.00 e. The Balaban J connectivity index is -0.00000220. The first kappa shape index (κ1) is 29.1. The molecule has 24 heavy (non-hydrogen) atoms. The Morgan fingerprint density at radius 3 is 1.12 bits per heavy atom. The summed E-state index contributed by atoms with van der Waals surface area (Å²) in [7, 11) is 16.2. The summed E-state index contributed by atoms with van der Waals surface area (Å²) in [6, 6.07) is 0. The van der Waals surface area contributed by atoms with Gasteiger partial charge in [-0.1, -0.05) is 0 Å². The minimum absolute atomic E-state index is 0. The van der Waals surface area contributed by atoms with Crippen molar-refractivity contribution in [3.63, 3.8) is 0 Å². The standard InChI is InChI=1S/C16H36N4O2.2HI/c1-17(11-13-19(3,4)5)15(21)9-10-16(22)18(2)12-14-20(6,7)8;;/h9-14H2,1-8H3;2*1H/q+2;;/p-2. The van der Waals surface area contributed by atoms with Crippen molar-refractivity contribution in [2.24, 2.45) is 0 Å². The zero-order valence-corrected chi connectivity index (χ0v) is 20.9. The van der Waals surface area contributed by atoms with E-state index in [4.69, 9.17) is 0 Å². The lowest BCUT2D eigenvalue weighted by Gasteiger charge is -2.28. The Morgan fingerprint density at radius 1 is 0.667 bits per heavy atom. The highest BCUT2D eigenvalue weighted by atomic mass is 127.